The topological polar surface area (TPSA) is 118 Å². The van der Waals surface area contributed by atoms with Gasteiger partial charge in [-0.05, 0) is 48.4 Å². The Morgan fingerprint density at radius 2 is 1.90 bits per heavy atom. The minimum Gasteiger partial charge on any atom is -0.478 e. The summed E-state index contributed by atoms with van der Waals surface area (Å²) in [5.41, 5.74) is 3.16. The van der Waals surface area contributed by atoms with Crippen LogP contribution in [0.5, 0.6) is 0 Å². The number of rotatable bonds is 5. The van der Waals surface area contributed by atoms with E-state index in [-0.39, 0.29) is 23.1 Å². The molecule has 0 aliphatic carbocycles. The number of benzene rings is 1. The first kappa shape index (κ1) is 19.3. The fourth-order valence-corrected chi connectivity index (χ4v) is 3.10. The Morgan fingerprint density at radius 1 is 1.13 bits per heavy atom. The lowest BCUT2D eigenvalue weighted by atomic mass is 10.0. The van der Waals surface area contributed by atoms with Crippen molar-refractivity contribution in [2.75, 3.05) is 5.32 Å². The highest BCUT2D eigenvalue weighted by Crippen LogP contribution is 2.31. The van der Waals surface area contributed by atoms with Crippen molar-refractivity contribution in [3.63, 3.8) is 0 Å². The Morgan fingerprint density at radius 3 is 2.53 bits per heavy atom. The van der Waals surface area contributed by atoms with Crippen molar-refractivity contribution in [3.05, 3.63) is 71.7 Å². The number of nitrogens with zero attached hydrogens (tertiary/aromatic N) is 3. The van der Waals surface area contributed by atoms with Crippen LogP contribution in [-0.2, 0) is 0 Å². The van der Waals surface area contributed by atoms with Crippen molar-refractivity contribution in [2.45, 2.75) is 19.8 Å². The van der Waals surface area contributed by atoms with E-state index < -0.39 is 5.97 Å². The number of aromatic nitrogens is 3. The second-order valence-corrected chi connectivity index (χ2v) is 7.04. The third-order valence-electron chi connectivity index (χ3n) is 4.61. The molecule has 4 aromatic rings. The fraction of sp³-hybridized carbons (Fsp3) is 0.136. The van der Waals surface area contributed by atoms with Gasteiger partial charge in [-0.1, -0.05) is 19.0 Å². The van der Waals surface area contributed by atoms with Gasteiger partial charge in [-0.15, -0.1) is 0 Å². The number of hydrogen-bond acceptors (Lipinski definition) is 6. The van der Waals surface area contributed by atoms with Gasteiger partial charge in [-0.2, -0.15) is 0 Å². The van der Waals surface area contributed by atoms with Crippen LogP contribution in [0.3, 0.4) is 0 Å². The van der Waals surface area contributed by atoms with Crippen LogP contribution in [0.2, 0.25) is 0 Å². The molecule has 2 N–H and O–H groups in total. The predicted octanol–water partition coefficient (Wildman–Crippen LogP) is 4.36. The third-order valence-corrected chi connectivity index (χ3v) is 4.61. The van der Waals surface area contributed by atoms with E-state index in [0.29, 0.717) is 28.0 Å². The number of carboxylic acid groups (broad SMARTS) is 1. The van der Waals surface area contributed by atoms with E-state index >= 15 is 0 Å². The van der Waals surface area contributed by atoms with Gasteiger partial charge in [0.05, 0.1) is 27.9 Å². The van der Waals surface area contributed by atoms with Crippen molar-refractivity contribution in [1.82, 2.24) is 15.1 Å². The molecule has 0 atom stereocenters. The van der Waals surface area contributed by atoms with Gasteiger partial charge in [0.2, 0.25) is 0 Å². The van der Waals surface area contributed by atoms with E-state index in [0.717, 1.165) is 5.56 Å². The predicted molar refractivity (Wildman–Crippen MR) is 110 cm³/mol. The Bertz CT molecular complexity index is 1230. The SMILES string of the molecule is CC(C)c1noc2nc(-c3cccnc3)cc(C(=O)Nc3ccc(C(=O)O)cc3)c12. The summed E-state index contributed by atoms with van der Waals surface area (Å²) in [4.78, 5) is 32.8. The number of aromatic carboxylic acids is 1. The highest BCUT2D eigenvalue weighted by Gasteiger charge is 2.22. The zero-order chi connectivity index (χ0) is 21.3. The summed E-state index contributed by atoms with van der Waals surface area (Å²) in [6, 6.07) is 11.2. The molecule has 0 saturated heterocycles. The average molecular weight is 402 g/mol. The Labute approximate surface area is 171 Å². The van der Waals surface area contributed by atoms with E-state index in [1.54, 1.807) is 36.7 Å². The Hall–Kier alpha value is -4.07. The molecule has 3 heterocycles. The standard InChI is InChI=1S/C22H18N4O4/c1-12(2)19-18-16(20(27)24-15-7-5-13(6-8-15)22(28)29)10-17(25-21(18)30-26-19)14-4-3-9-23-11-14/h3-12H,1-2H3,(H,24,27)(H,28,29). The van der Waals surface area contributed by atoms with E-state index in [1.165, 1.54) is 12.1 Å². The molecule has 150 valence electrons. The lowest BCUT2D eigenvalue weighted by molar-refractivity contribution is 0.0696. The second kappa shape index (κ2) is 7.75. The first-order valence-corrected chi connectivity index (χ1v) is 9.29. The summed E-state index contributed by atoms with van der Waals surface area (Å²) in [5.74, 6) is -1.38. The summed E-state index contributed by atoms with van der Waals surface area (Å²) in [6.07, 6.45) is 3.31. The number of anilines is 1. The first-order valence-electron chi connectivity index (χ1n) is 9.29. The van der Waals surface area contributed by atoms with Gasteiger partial charge in [0.1, 0.15) is 0 Å². The van der Waals surface area contributed by atoms with Crippen molar-refractivity contribution in [1.29, 1.82) is 0 Å². The molecular formula is C22H18N4O4. The van der Waals surface area contributed by atoms with Gasteiger partial charge >= 0.3 is 5.97 Å². The Balaban J connectivity index is 1.79. The average Bonchev–Trinajstić information content (AvgIpc) is 3.18. The van der Waals surface area contributed by atoms with Gasteiger partial charge in [-0.3, -0.25) is 9.78 Å². The lowest BCUT2D eigenvalue weighted by Gasteiger charge is -2.10. The van der Waals surface area contributed by atoms with Crippen LogP contribution in [0, 0.1) is 0 Å². The molecule has 8 nitrogen and oxygen atoms in total. The number of pyridine rings is 2. The smallest absolute Gasteiger partial charge is 0.335 e. The highest BCUT2D eigenvalue weighted by atomic mass is 16.5. The summed E-state index contributed by atoms with van der Waals surface area (Å²) in [6.45, 7) is 3.91. The van der Waals surface area contributed by atoms with E-state index in [4.69, 9.17) is 9.63 Å². The molecule has 0 fully saturated rings. The number of amides is 1. The molecule has 3 aromatic heterocycles. The zero-order valence-corrected chi connectivity index (χ0v) is 16.3. The van der Waals surface area contributed by atoms with Gasteiger partial charge in [-0.25, -0.2) is 9.78 Å². The van der Waals surface area contributed by atoms with Crippen LogP contribution < -0.4 is 5.32 Å². The zero-order valence-electron chi connectivity index (χ0n) is 16.3. The van der Waals surface area contributed by atoms with Gasteiger partial charge in [0, 0.05) is 23.6 Å². The summed E-state index contributed by atoms with van der Waals surface area (Å²) >= 11 is 0. The summed E-state index contributed by atoms with van der Waals surface area (Å²) in [7, 11) is 0. The van der Waals surface area contributed by atoms with Gasteiger partial charge in [0.25, 0.3) is 11.6 Å². The van der Waals surface area contributed by atoms with Crippen LogP contribution in [-0.4, -0.2) is 32.1 Å². The number of fused-ring (bicyclic) bond motifs is 1. The van der Waals surface area contributed by atoms with E-state index in [2.05, 4.69) is 20.4 Å². The molecule has 0 spiro atoms. The second-order valence-electron chi connectivity index (χ2n) is 7.04. The minimum absolute atomic E-state index is 0.0266. The number of carbonyl (C=O) groups is 2. The molecule has 4 rings (SSSR count). The van der Waals surface area contributed by atoms with Crippen LogP contribution in [0.15, 0.2) is 59.4 Å². The lowest BCUT2D eigenvalue weighted by Crippen LogP contribution is -2.13. The van der Waals surface area contributed by atoms with Crippen molar-refractivity contribution in [3.8, 4) is 11.3 Å². The Kier molecular flexibility index (Phi) is 4.97. The summed E-state index contributed by atoms with van der Waals surface area (Å²) in [5, 5.41) is 16.5. The van der Waals surface area contributed by atoms with E-state index in [1.807, 2.05) is 19.9 Å². The molecule has 30 heavy (non-hydrogen) atoms. The molecule has 1 amide bonds. The molecule has 1 aromatic carbocycles. The summed E-state index contributed by atoms with van der Waals surface area (Å²) < 4.78 is 5.43. The van der Waals surface area contributed by atoms with Crippen molar-refractivity contribution >= 4 is 28.7 Å². The highest BCUT2D eigenvalue weighted by molar-refractivity contribution is 6.13. The van der Waals surface area contributed by atoms with Gasteiger partial charge in [0.15, 0.2) is 0 Å². The molecule has 8 heteroatoms. The quantitative estimate of drug-likeness (QED) is 0.509. The largest absolute Gasteiger partial charge is 0.478 e. The number of nitrogens with one attached hydrogen (secondary N) is 1. The molecule has 0 unspecified atom stereocenters. The minimum atomic E-state index is -1.03. The third kappa shape index (κ3) is 3.62. The van der Waals surface area contributed by atoms with E-state index in [9.17, 15) is 9.59 Å². The molecule has 0 radical (unpaired) electrons. The molecule has 0 bridgehead atoms. The van der Waals surface area contributed by atoms with Crippen molar-refractivity contribution < 1.29 is 19.2 Å². The number of carbonyl (C=O) groups excluding carboxylic acids is 1. The number of hydrogen-bond donors (Lipinski definition) is 2. The molecular weight excluding hydrogens is 384 g/mol. The normalized spacial score (nSPS) is 11.0. The molecule has 0 aliphatic rings. The fourth-order valence-electron chi connectivity index (χ4n) is 3.10. The molecule has 0 aliphatic heterocycles. The first-order chi connectivity index (χ1) is 14.4. The van der Waals surface area contributed by atoms with Crippen LogP contribution in [0.25, 0.3) is 22.4 Å². The van der Waals surface area contributed by atoms with Crippen LogP contribution in [0.1, 0.15) is 46.2 Å². The maximum absolute atomic E-state index is 13.2. The van der Waals surface area contributed by atoms with Crippen molar-refractivity contribution in [2.24, 2.45) is 0 Å². The number of carboxylic acids is 1. The van der Waals surface area contributed by atoms with Crippen LogP contribution >= 0.6 is 0 Å². The molecule has 0 saturated carbocycles. The monoisotopic (exact) mass is 402 g/mol. The maximum atomic E-state index is 13.2. The van der Waals surface area contributed by atoms with Gasteiger partial charge < -0.3 is 14.9 Å². The maximum Gasteiger partial charge on any atom is 0.335 e. The van der Waals surface area contributed by atoms with Crippen LogP contribution in [0.4, 0.5) is 5.69 Å².